The topological polar surface area (TPSA) is 96.5 Å². The van der Waals surface area contributed by atoms with Crippen LogP contribution in [0.15, 0.2) is 35.4 Å². The number of morpholine rings is 1. The van der Waals surface area contributed by atoms with Crippen molar-refractivity contribution in [2.24, 2.45) is 0 Å². The van der Waals surface area contributed by atoms with Crippen LogP contribution < -0.4 is 10.6 Å². The van der Waals surface area contributed by atoms with Crippen molar-refractivity contribution in [2.75, 3.05) is 37.3 Å². The van der Waals surface area contributed by atoms with Crippen molar-refractivity contribution in [1.82, 2.24) is 20.4 Å². The number of nitrogens with one attached hydrogen (secondary N) is 2. The summed E-state index contributed by atoms with van der Waals surface area (Å²) in [6, 6.07) is 8.99. The van der Waals surface area contributed by atoms with E-state index in [4.69, 9.17) is 27.9 Å². The van der Waals surface area contributed by atoms with E-state index < -0.39 is 0 Å². The van der Waals surface area contributed by atoms with E-state index in [0.717, 1.165) is 18.7 Å². The van der Waals surface area contributed by atoms with Crippen molar-refractivity contribution in [3.05, 3.63) is 45.9 Å². The van der Waals surface area contributed by atoms with E-state index in [9.17, 15) is 9.59 Å². The molecule has 1 aromatic carbocycles. The predicted molar refractivity (Wildman–Crippen MR) is 122 cm³/mol. The van der Waals surface area contributed by atoms with E-state index in [1.807, 2.05) is 12.1 Å². The lowest BCUT2D eigenvalue weighted by molar-refractivity contribution is -0.119. The molecule has 1 aromatic heterocycles. The molecule has 0 aliphatic carbocycles. The molecule has 0 spiro atoms. The minimum Gasteiger partial charge on any atom is -0.374 e. The molecule has 11 heteroatoms. The first-order chi connectivity index (χ1) is 14.9. The molecule has 1 atom stereocenters. The molecule has 166 valence electrons. The van der Waals surface area contributed by atoms with Gasteiger partial charge in [0.25, 0.3) is 0 Å². The van der Waals surface area contributed by atoms with Crippen LogP contribution in [0.5, 0.6) is 0 Å². The largest absolute Gasteiger partial charge is 0.374 e. The van der Waals surface area contributed by atoms with Crippen molar-refractivity contribution < 1.29 is 14.3 Å². The van der Waals surface area contributed by atoms with E-state index in [2.05, 4.69) is 25.7 Å². The van der Waals surface area contributed by atoms with Crippen LogP contribution in [0, 0.1) is 0 Å². The molecule has 2 aromatic rings. The Kier molecular flexibility index (Phi) is 8.91. The van der Waals surface area contributed by atoms with E-state index in [-0.39, 0.29) is 23.7 Å². The highest BCUT2D eigenvalue weighted by molar-refractivity contribution is 7.99. The Hall–Kier alpha value is -1.91. The number of thioether (sulfide) groups is 1. The number of benzene rings is 1. The predicted octanol–water partition coefficient (Wildman–Crippen LogP) is 2.85. The van der Waals surface area contributed by atoms with Gasteiger partial charge in [0.1, 0.15) is 5.03 Å². The van der Waals surface area contributed by atoms with Crippen molar-refractivity contribution in [2.45, 2.75) is 24.6 Å². The van der Waals surface area contributed by atoms with Crippen LogP contribution in [0.1, 0.15) is 12.5 Å². The zero-order chi connectivity index (χ0) is 22.2. The van der Waals surface area contributed by atoms with Gasteiger partial charge in [-0.05, 0) is 29.8 Å². The monoisotopic (exact) mass is 483 g/mol. The molecule has 1 aliphatic rings. The smallest absolute Gasteiger partial charge is 0.230 e. The number of nitrogens with zero attached hydrogens (tertiary/aromatic N) is 3. The Morgan fingerprint density at radius 1 is 1.23 bits per heavy atom. The number of ether oxygens (including phenoxy) is 1. The normalized spacial score (nSPS) is 16.7. The zero-order valence-corrected chi connectivity index (χ0v) is 19.3. The number of hydrogen-bond donors (Lipinski definition) is 2. The fraction of sp³-hybridized carbons (Fsp3) is 0.400. The Balaban J connectivity index is 1.39. The standard InChI is InChI=1S/C20H23Cl2N5O3S/c1-13(28)24-18-4-5-20(26-25-18)31-12-19(29)23-9-15-11-27(6-7-30-15)10-14-2-3-16(21)17(22)8-14/h2-5,8,15H,6-7,9-12H2,1H3,(H,23,29)(H,24,25,28)/t15-/m0/s1. The van der Waals surface area contributed by atoms with E-state index in [1.54, 1.807) is 18.2 Å². The number of anilines is 1. The molecule has 1 fully saturated rings. The first-order valence-corrected chi connectivity index (χ1v) is 11.4. The molecule has 0 bridgehead atoms. The number of carbonyl (C=O) groups excluding carboxylic acids is 2. The summed E-state index contributed by atoms with van der Waals surface area (Å²) in [5.41, 5.74) is 1.08. The lowest BCUT2D eigenvalue weighted by Crippen LogP contribution is -2.47. The van der Waals surface area contributed by atoms with Crippen molar-refractivity contribution in [3.8, 4) is 0 Å². The van der Waals surface area contributed by atoms with Gasteiger partial charge >= 0.3 is 0 Å². The van der Waals surface area contributed by atoms with Crippen LogP contribution in [0.3, 0.4) is 0 Å². The van der Waals surface area contributed by atoms with Crippen molar-refractivity contribution >= 4 is 52.6 Å². The molecular weight excluding hydrogens is 461 g/mol. The third-order valence-electron chi connectivity index (χ3n) is 4.44. The van der Waals surface area contributed by atoms with Gasteiger partial charge in [0.2, 0.25) is 11.8 Å². The fourth-order valence-electron chi connectivity index (χ4n) is 3.01. The number of amides is 2. The van der Waals surface area contributed by atoms with Gasteiger partial charge in [0, 0.05) is 33.1 Å². The molecule has 2 N–H and O–H groups in total. The van der Waals surface area contributed by atoms with Gasteiger partial charge in [0.05, 0.1) is 28.5 Å². The van der Waals surface area contributed by atoms with Gasteiger partial charge in [-0.1, -0.05) is 41.0 Å². The summed E-state index contributed by atoms with van der Waals surface area (Å²) >= 11 is 13.3. The lowest BCUT2D eigenvalue weighted by atomic mass is 10.2. The Morgan fingerprint density at radius 2 is 2.06 bits per heavy atom. The van der Waals surface area contributed by atoms with E-state index in [0.29, 0.717) is 40.6 Å². The van der Waals surface area contributed by atoms with Crippen LogP contribution in [0.25, 0.3) is 0 Å². The second-order valence-electron chi connectivity index (χ2n) is 7.01. The number of halogens is 2. The molecule has 0 saturated carbocycles. The van der Waals surface area contributed by atoms with Crippen LogP contribution in [0.4, 0.5) is 5.82 Å². The van der Waals surface area contributed by atoms with Crippen LogP contribution >= 0.6 is 35.0 Å². The van der Waals surface area contributed by atoms with Crippen molar-refractivity contribution in [1.29, 1.82) is 0 Å². The average Bonchev–Trinajstić information content (AvgIpc) is 2.74. The van der Waals surface area contributed by atoms with Gasteiger partial charge in [-0.2, -0.15) is 0 Å². The number of hydrogen-bond acceptors (Lipinski definition) is 7. The highest BCUT2D eigenvalue weighted by atomic mass is 35.5. The molecular formula is C20H23Cl2N5O3S. The van der Waals surface area contributed by atoms with Gasteiger partial charge in [0.15, 0.2) is 5.82 Å². The summed E-state index contributed by atoms with van der Waals surface area (Å²) in [4.78, 5) is 25.4. The summed E-state index contributed by atoms with van der Waals surface area (Å²) in [7, 11) is 0. The highest BCUT2D eigenvalue weighted by Gasteiger charge is 2.21. The molecule has 0 radical (unpaired) electrons. The summed E-state index contributed by atoms with van der Waals surface area (Å²) in [6.07, 6.45) is -0.0813. The second kappa shape index (κ2) is 11.6. The van der Waals surface area contributed by atoms with Crippen LogP contribution in [-0.4, -0.2) is 65.0 Å². The zero-order valence-electron chi connectivity index (χ0n) is 16.9. The molecule has 1 aliphatic heterocycles. The Bertz CT molecular complexity index is 916. The quantitative estimate of drug-likeness (QED) is 0.557. The van der Waals surface area contributed by atoms with E-state index >= 15 is 0 Å². The Morgan fingerprint density at radius 3 is 2.77 bits per heavy atom. The molecule has 1 saturated heterocycles. The minimum absolute atomic E-state index is 0.0813. The van der Waals surface area contributed by atoms with Crippen molar-refractivity contribution in [3.63, 3.8) is 0 Å². The van der Waals surface area contributed by atoms with E-state index in [1.165, 1.54) is 18.7 Å². The van der Waals surface area contributed by atoms with Crippen LogP contribution in [-0.2, 0) is 20.9 Å². The molecule has 2 amide bonds. The number of aromatic nitrogens is 2. The summed E-state index contributed by atoms with van der Waals surface area (Å²) in [6.45, 7) is 4.71. The molecule has 2 heterocycles. The maximum atomic E-state index is 12.2. The second-order valence-corrected chi connectivity index (χ2v) is 8.82. The molecule has 31 heavy (non-hydrogen) atoms. The molecule has 0 unspecified atom stereocenters. The highest BCUT2D eigenvalue weighted by Crippen LogP contribution is 2.23. The molecule has 8 nitrogen and oxygen atoms in total. The summed E-state index contributed by atoms with van der Waals surface area (Å²) in [5, 5.41) is 15.0. The maximum Gasteiger partial charge on any atom is 0.230 e. The summed E-state index contributed by atoms with van der Waals surface area (Å²) in [5.74, 6) is 0.270. The third kappa shape index (κ3) is 7.93. The molecule has 3 rings (SSSR count). The minimum atomic E-state index is -0.213. The van der Waals surface area contributed by atoms with Crippen LogP contribution in [0.2, 0.25) is 10.0 Å². The van der Waals surface area contributed by atoms with Gasteiger partial charge in [-0.3, -0.25) is 14.5 Å². The fourth-order valence-corrected chi connectivity index (χ4v) is 3.97. The maximum absolute atomic E-state index is 12.2. The van der Waals surface area contributed by atoms with Gasteiger partial charge < -0.3 is 15.4 Å². The SMILES string of the molecule is CC(=O)Nc1ccc(SCC(=O)NC[C@H]2CN(Cc3ccc(Cl)c(Cl)c3)CCO2)nn1. The lowest BCUT2D eigenvalue weighted by Gasteiger charge is -2.33. The number of rotatable bonds is 8. The Labute approximate surface area is 195 Å². The third-order valence-corrected chi connectivity index (χ3v) is 6.09. The first kappa shape index (κ1) is 23.7. The van der Waals surface area contributed by atoms with Gasteiger partial charge in [-0.15, -0.1) is 10.2 Å². The summed E-state index contributed by atoms with van der Waals surface area (Å²) < 4.78 is 5.78. The first-order valence-electron chi connectivity index (χ1n) is 9.68. The number of carbonyl (C=O) groups is 2. The van der Waals surface area contributed by atoms with Gasteiger partial charge in [-0.25, -0.2) is 0 Å². The average molecular weight is 484 g/mol.